The molecule has 0 nitrogen and oxygen atoms in total. The van der Waals surface area contributed by atoms with Crippen LogP contribution in [0.4, 0.5) is 0 Å². The van der Waals surface area contributed by atoms with Crippen molar-refractivity contribution in [3.63, 3.8) is 0 Å². The maximum atomic E-state index is 2.37. The third-order valence-electron chi connectivity index (χ3n) is 8.61. The van der Waals surface area contributed by atoms with E-state index < -0.39 is 0 Å². The Morgan fingerprint density at radius 3 is 1.78 bits per heavy atom. The summed E-state index contributed by atoms with van der Waals surface area (Å²) in [5, 5.41) is 5.36. The van der Waals surface area contributed by atoms with Crippen molar-refractivity contribution in [2.75, 3.05) is 0 Å². The summed E-state index contributed by atoms with van der Waals surface area (Å²) >= 11 is 1.87. The van der Waals surface area contributed by atoms with E-state index in [2.05, 4.69) is 146 Å². The molecular formula is C40H24S. The van der Waals surface area contributed by atoms with Crippen molar-refractivity contribution in [2.24, 2.45) is 0 Å². The van der Waals surface area contributed by atoms with Gasteiger partial charge < -0.3 is 0 Å². The van der Waals surface area contributed by atoms with Gasteiger partial charge in [0, 0.05) is 20.2 Å². The largest absolute Gasteiger partial charge is 0.135 e. The third kappa shape index (κ3) is 3.53. The van der Waals surface area contributed by atoms with Gasteiger partial charge in [-0.15, -0.1) is 11.3 Å². The Morgan fingerprint density at radius 2 is 0.927 bits per heavy atom. The lowest BCUT2D eigenvalue weighted by Gasteiger charge is -2.10. The van der Waals surface area contributed by atoms with Crippen molar-refractivity contribution in [1.82, 2.24) is 0 Å². The highest BCUT2D eigenvalue weighted by Gasteiger charge is 2.21. The number of thiophene rings is 1. The molecule has 1 heteroatoms. The molecule has 0 amide bonds. The fourth-order valence-corrected chi connectivity index (χ4v) is 7.71. The number of rotatable bonds is 3. The van der Waals surface area contributed by atoms with Gasteiger partial charge in [0.2, 0.25) is 0 Å². The Labute approximate surface area is 242 Å². The molecule has 0 fully saturated rings. The van der Waals surface area contributed by atoms with Crippen LogP contribution >= 0.6 is 11.3 Å². The summed E-state index contributed by atoms with van der Waals surface area (Å²) in [5.74, 6) is 0. The van der Waals surface area contributed by atoms with Gasteiger partial charge in [0.05, 0.1) is 0 Å². The van der Waals surface area contributed by atoms with Crippen LogP contribution in [-0.4, -0.2) is 0 Å². The Balaban J connectivity index is 1.09. The first kappa shape index (κ1) is 22.8. The fourth-order valence-electron chi connectivity index (χ4n) is 6.62. The molecule has 41 heavy (non-hydrogen) atoms. The summed E-state index contributed by atoms with van der Waals surface area (Å²) in [6, 6.07) is 53.7. The molecule has 0 atom stereocenters. The standard InChI is InChI=1S/C40H24S/c1-2-11-33-32(10-1)35-13-6-9-30-22-31(24-37(33)40(30)35)26-17-15-25(16-18-26)27-7-5-8-28(21-27)29-19-20-39-36(23-29)34-12-3-4-14-38(34)41-39/h1-24H. The van der Waals surface area contributed by atoms with Gasteiger partial charge in [-0.05, 0) is 103 Å². The second-order valence-electron chi connectivity index (χ2n) is 10.9. The number of hydrogen-bond donors (Lipinski definition) is 0. The number of fused-ring (bicyclic) bond motifs is 6. The third-order valence-corrected chi connectivity index (χ3v) is 9.76. The number of hydrogen-bond acceptors (Lipinski definition) is 1. The molecule has 190 valence electrons. The van der Waals surface area contributed by atoms with E-state index in [9.17, 15) is 0 Å². The Morgan fingerprint density at radius 1 is 0.317 bits per heavy atom. The summed E-state index contributed by atoms with van der Waals surface area (Å²) in [5.41, 5.74) is 12.8. The molecule has 1 aromatic heterocycles. The van der Waals surface area contributed by atoms with E-state index in [0.717, 1.165) is 0 Å². The average molecular weight is 537 g/mol. The SMILES string of the molecule is c1cc(-c2ccc(-c3cc4c5c(cccc5c3)-c3ccccc3-4)cc2)cc(-c2ccc3sc4ccccc4c3c2)c1. The molecule has 1 heterocycles. The van der Waals surface area contributed by atoms with E-state index in [1.165, 1.54) is 86.6 Å². The first-order chi connectivity index (χ1) is 20.3. The van der Waals surface area contributed by atoms with Gasteiger partial charge >= 0.3 is 0 Å². The Hall–Kier alpha value is -4.98. The first-order valence-corrected chi connectivity index (χ1v) is 14.9. The Kier molecular flexibility index (Phi) is 4.87. The molecule has 9 rings (SSSR count). The molecule has 7 aromatic carbocycles. The minimum absolute atomic E-state index is 1.23. The van der Waals surface area contributed by atoms with Crippen LogP contribution in [-0.2, 0) is 0 Å². The molecule has 0 spiro atoms. The molecule has 0 radical (unpaired) electrons. The zero-order valence-electron chi connectivity index (χ0n) is 22.3. The van der Waals surface area contributed by atoms with E-state index in [0.29, 0.717) is 0 Å². The summed E-state index contributed by atoms with van der Waals surface area (Å²) in [4.78, 5) is 0. The summed E-state index contributed by atoms with van der Waals surface area (Å²) < 4.78 is 2.69. The molecule has 0 saturated carbocycles. The monoisotopic (exact) mass is 536 g/mol. The van der Waals surface area contributed by atoms with Gasteiger partial charge in [-0.25, -0.2) is 0 Å². The van der Waals surface area contributed by atoms with Crippen molar-refractivity contribution in [3.05, 3.63) is 146 Å². The minimum Gasteiger partial charge on any atom is -0.135 e. The van der Waals surface area contributed by atoms with Gasteiger partial charge in [0.1, 0.15) is 0 Å². The minimum atomic E-state index is 1.23. The van der Waals surface area contributed by atoms with Gasteiger partial charge in [-0.2, -0.15) is 0 Å². The normalized spacial score (nSPS) is 11.9. The Bertz CT molecular complexity index is 2300. The van der Waals surface area contributed by atoms with E-state index in [4.69, 9.17) is 0 Å². The average Bonchev–Trinajstić information content (AvgIpc) is 3.58. The molecule has 8 aromatic rings. The fraction of sp³-hybridized carbons (Fsp3) is 0. The second-order valence-corrected chi connectivity index (χ2v) is 12.0. The highest BCUT2D eigenvalue weighted by Crippen LogP contribution is 2.48. The van der Waals surface area contributed by atoms with Crippen molar-refractivity contribution < 1.29 is 0 Å². The molecule has 1 aliphatic rings. The van der Waals surface area contributed by atoms with Crippen LogP contribution in [0.2, 0.25) is 0 Å². The van der Waals surface area contributed by atoms with E-state index in [1.54, 1.807) is 0 Å². The van der Waals surface area contributed by atoms with Crippen LogP contribution in [0.1, 0.15) is 0 Å². The van der Waals surface area contributed by atoms with Crippen molar-refractivity contribution >= 4 is 42.3 Å². The molecule has 0 saturated heterocycles. The van der Waals surface area contributed by atoms with Crippen molar-refractivity contribution in [2.45, 2.75) is 0 Å². The molecule has 1 aliphatic carbocycles. The van der Waals surface area contributed by atoms with Crippen LogP contribution in [0.25, 0.3) is 86.6 Å². The van der Waals surface area contributed by atoms with E-state index in [1.807, 2.05) is 11.3 Å². The highest BCUT2D eigenvalue weighted by atomic mass is 32.1. The molecule has 0 N–H and O–H groups in total. The van der Waals surface area contributed by atoms with E-state index >= 15 is 0 Å². The summed E-state index contributed by atoms with van der Waals surface area (Å²) in [6.45, 7) is 0. The smallest absolute Gasteiger partial charge is 0.0355 e. The highest BCUT2D eigenvalue weighted by molar-refractivity contribution is 7.25. The second kappa shape index (κ2) is 8.76. The predicted octanol–water partition coefficient (Wildman–Crippen LogP) is 11.9. The lowest BCUT2D eigenvalue weighted by molar-refractivity contribution is 1.59. The summed E-state index contributed by atoms with van der Waals surface area (Å²) in [7, 11) is 0. The van der Waals surface area contributed by atoms with Gasteiger partial charge in [0.15, 0.2) is 0 Å². The first-order valence-electron chi connectivity index (χ1n) is 14.1. The van der Waals surface area contributed by atoms with Gasteiger partial charge in [-0.1, -0.05) is 109 Å². The maximum absolute atomic E-state index is 2.37. The molecular weight excluding hydrogens is 513 g/mol. The maximum Gasteiger partial charge on any atom is 0.0355 e. The van der Waals surface area contributed by atoms with Crippen molar-refractivity contribution in [1.29, 1.82) is 0 Å². The van der Waals surface area contributed by atoms with Crippen LogP contribution in [0.3, 0.4) is 0 Å². The zero-order chi connectivity index (χ0) is 26.9. The van der Waals surface area contributed by atoms with Gasteiger partial charge in [-0.3, -0.25) is 0 Å². The van der Waals surface area contributed by atoms with Crippen molar-refractivity contribution in [3.8, 4) is 55.6 Å². The van der Waals surface area contributed by atoms with E-state index in [-0.39, 0.29) is 0 Å². The molecule has 0 aliphatic heterocycles. The lowest BCUT2D eigenvalue weighted by atomic mass is 9.94. The summed E-state index contributed by atoms with van der Waals surface area (Å²) in [6.07, 6.45) is 0. The van der Waals surface area contributed by atoms with Crippen LogP contribution in [0.5, 0.6) is 0 Å². The van der Waals surface area contributed by atoms with Gasteiger partial charge in [0.25, 0.3) is 0 Å². The quantitative estimate of drug-likeness (QED) is 0.211. The lowest BCUT2D eigenvalue weighted by Crippen LogP contribution is -1.84. The molecule has 0 bridgehead atoms. The number of benzene rings is 7. The van der Waals surface area contributed by atoms with Crippen LogP contribution in [0, 0.1) is 0 Å². The predicted molar refractivity (Wildman–Crippen MR) is 178 cm³/mol. The molecule has 0 unspecified atom stereocenters. The zero-order valence-corrected chi connectivity index (χ0v) is 23.1. The topological polar surface area (TPSA) is 0 Å². The van der Waals surface area contributed by atoms with Crippen LogP contribution < -0.4 is 0 Å². The van der Waals surface area contributed by atoms with Crippen LogP contribution in [0.15, 0.2) is 146 Å².